The van der Waals surface area contributed by atoms with Crippen molar-refractivity contribution in [3.8, 4) is 11.4 Å². The van der Waals surface area contributed by atoms with E-state index < -0.39 is 0 Å². The van der Waals surface area contributed by atoms with Crippen molar-refractivity contribution in [3.63, 3.8) is 0 Å². The molecule has 0 aliphatic rings. The molecular formula is C16H22N4O. The first-order valence-electron chi connectivity index (χ1n) is 7.05. The largest absolute Gasteiger partial charge is 0.396 e. The van der Waals surface area contributed by atoms with Crippen LogP contribution in [0, 0.1) is 0 Å². The van der Waals surface area contributed by atoms with Crippen LogP contribution in [0.2, 0.25) is 0 Å². The molecule has 0 aliphatic carbocycles. The van der Waals surface area contributed by atoms with Gasteiger partial charge in [-0.2, -0.15) is 0 Å². The van der Waals surface area contributed by atoms with Gasteiger partial charge < -0.3 is 15.7 Å². The molecule has 0 bridgehead atoms. The molecule has 0 spiro atoms. The SMILES string of the molecule is CNc1cc(NC(C)(C)CCO)nc(-c2ccccc2)n1. The Balaban J connectivity index is 2.34. The zero-order chi connectivity index (χ0) is 15.3. The number of aliphatic hydroxyl groups excluding tert-OH is 1. The Morgan fingerprint density at radius 3 is 2.38 bits per heavy atom. The van der Waals surface area contributed by atoms with Crippen LogP contribution in [0.5, 0.6) is 0 Å². The van der Waals surface area contributed by atoms with E-state index in [1.807, 2.05) is 57.3 Å². The molecule has 0 amide bonds. The standard InChI is InChI=1S/C16H22N4O/c1-16(2,9-10-21)20-14-11-13(17-3)18-15(19-14)12-7-5-4-6-8-12/h4-8,11,21H,9-10H2,1-3H3,(H2,17,18,19,20). The van der Waals surface area contributed by atoms with Crippen LogP contribution in [-0.4, -0.2) is 34.3 Å². The van der Waals surface area contributed by atoms with Gasteiger partial charge in [0.2, 0.25) is 0 Å². The number of aromatic nitrogens is 2. The average Bonchev–Trinajstić information content (AvgIpc) is 2.47. The van der Waals surface area contributed by atoms with Crippen molar-refractivity contribution in [2.24, 2.45) is 0 Å². The van der Waals surface area contributed by atoms with Gasteiger partial charge >= 0.3 is 0 Å². The Bertz CT molecular complexity index is 584. The van der Waals surface area contributed by atoms with E-state index in [4.69, 9.17) is 5.11 Å². The van der Waals surface area contributed by atoms with Gasteiger partial charge in [-0.05, 0) is 20.3 Å². The molecule has 0 unspecified atom stereocenters. The molecule has 5 heteroatoms. The molecule has 1 aromatic carbocycles. The van der Waals surface area contributed by atoms with Crippen LogP contribution in [0.25, 0.3) is 11.4 Å². The van der Waals surface area contributed by atoms with Crippen molar-refractivity contribution in [2.45, 2.75) is 25.8 Å². The Kier molecular flexibility index (Phi) is 4.75. The first kappa shape index (κ1) is 15.3. The van der Waals surface area contributed by atoms with E-state index in [2.05, 4.69) is 20.6 Å². The van der Waals surface area contributed by atoms with E-state index in [0.717, 1.165) is 17.2 Å². The van der Waals surface area contributed by atoms with Gasteiger partial charge in [0.05, 0.1) is 0 Å². The molecule has 1 aromatic heterocycles. The number of aliphatic hydroxyl groups is 1. The molecule has 5 nitrogen and oxygen atoms in total. The van der Waals surface area contributed by atoms with Crippen molar-refractivity contribution in [1.29, 1.82) is 0 Å². The molecule has 0 fully saturated rings. The Labute approximate surface area is 125 Å². The molecule has 0 aliphatic heterocycles. The highest BCUT2D eigenvalue weighted by Crippen LogP contribution is 2.23. The molecule has 3 N–H and O–H groups in total. The van der Waals surface area contributed by atoms with Crippen molar-refractivity contribution >= 4 is 11.6 Å². The summed E-state index contributed by atoms with van der Waals surface area (Å²) in [6, 6.07) is 11.7. The van der Waals surface area contributed by atoms with Crippen LogP contribution in [-0.2, 0) is 0 Å². The van der Waals surface area contributed by atoms with Gasteiger partial charge in [0.1, 0.15) is 11.6 Å². The van der Waals surface area contributed by atoms with E-state index >= 15 is 0 Å². The summed E-state index contributed by atoms with van der Waals surface area (Å²) < 4.78 is 0. The topological polar surface area (TPSA) is 70.1 Å². The third kappa shape index (κ3) is 4.16. The molecule has 0 radical (unpaired) electrons. The van der Waals surface area contributed by atoms with Gasteiger partial charge in [-0.1, -0.05) is 30.3 Å². The molecule has 0 atom stereocenters. The minimum atomic E-state index is -0.234. The fourth-order valence-electron chi connectivity index (χ4n) is 2.04. The van der Waals surface area contributed by atoms with Crippen LogP contribution in [0.15, 0.2) is 36.4 Å². The highest BCUT2D eigenvalue weighted by Gasteiger charge is 2.18. The summed E-state index contributed by atoms with van der Waals surface area (Å²) in [4.78, 5) is 9.06. The monoisotopic (exact) mass is 286 g/mol. The number of hydrogen-bond acceptors (Lipinski definition) is 5. The first-order chi connectivity index (χ1) is 10.0. The van der Waals surface area contributed by atoms with Gasteiger partial charge in [0, 0.05) is 30.8 Å². The maximum absolute atomic E-state index is 9.13. The van der Waals surface area contributed by atoms with E-state index in [9.17, 15) is 0 Å². The lowest BCUT2D eigenvalue weighted by Crippen LogP contribution is -2.32. The molecule has 0 saturated carbocycles. The van der Waals surface area contributed by atoms with E-state index in [0.29, 0.717) is 12.2 Å². The average molecular weight is 286 g/mol. The Morgan fingerprint density at radius 1 is 1.10 bits per heavy atom. The Morgan fingerprint density at radius 2 is 1.76 bits per heavy atom. The molecular weight excluding hydrogens is 264 g/mol. The van der Waals surface area contributed by atoms with Crippen molar-refractivity contribution in [3.05, 3.63) is 36.4 Å². The molecule has 0 saturated heterocycles. The number of hydrogen-bond donors (Lipinski definition) is 3. The maximum atomic E-state index is 9.13. The lowest BCUT2D eigenvalue weighted by molar-refractivity contribution is 0.260. The van der Waals surface area contributed by atoms with E-state index in [-0.39, 0.29) is 12.1 Å². The van der Waals surface area contributed by atoms with Gasteiger partial charge in [0.25, 0.3) is 0 Å². The lowest BCUT2D eigenvalue weighted by atomic mass is 10.0. The van der Waals surface area contributed by atoms with Crippen LogP contribution in [0.3, 0.4) is 0 Å². The number of benzene rings is 1. The van der Waals surface area contributed by atoms with E-state index in [1.54, 1.807) is 0 Å². The predicted molar refractivity (Wildman–Crippen MR) is 86.4 cm³/mol. The van der Waals surface area contributed by atoms with Gasteiger partial charge in [-0.15, -0.1) is 0 Å². The van der Waals surface area contributed by atoms with Gasteiger partial charge in [0.15, 0.2) is 5.82 Å². The molecule has 2 rings (SSSR count). The summed E-state index contributed by atoms with van der Waals surface area (Å²) in [6.45, 7) is 4.20. The summed E-state index contributed by atoms with van der Waals surface area (Å²) in [5.74, 6) is 2.17. The summed E-state index contributed by atoms with van der Waals surface area (Å²) in [5, 5.41) is 15.5. The van der Waals surface area contributed by atoms with E-state index in [1.165, 1.54) is 0 Å². The van der Waals surface area contributed by atoms with Crippen LogP contribution < -0.4 is 10.6 Å². The second kappa shape index (κ2) is 6.54. The van der Waals surface area contributed by atoms with Crippen molar-refractivity contribution in [1.82, 2.24) is 9.97 Å². The number of nitrogens with one attached hydrogen (secondary N) is 2. The quantitative estimate of drug-likeness (QED) is 0.761. The minimum absolute atomic E-state index is 0.134. The van der Waals surface area contributed by atoms with Gasteiger partial charge in [-0.25, -0.2) is 9.97 Å². The number of rotatable bonds is 6. The molecule has 1 heterocycles. The van der Waals surface area contributed by atoms with Gasteiger partial charge in [-0.3, -0.25) is 0 Å². The summed E-state index contributed by atoms with van der Waals surface area (Å²) >= 11 is 0. The highest BCUT2D eigenvalue weighted by molar-refractivity contribution is 5.61. The van der Waals surface area contributed by atoms with Crippen LogP contribution >= 0.6 is 0 Å². The van der Waals surface area contributed by atoms with Crippen LogP contribution in [0.4, 0.5) is 11.6 Å². The summed E-state index contributed by atoms with van der Waals surface area (Å²) in [5.41, 5.74) is 0.736. The number of anilines is 2. The van der Waals surface area contributed by atoms with Crippen LogP contribution in [0.1, 0.15) is 20.3 Å². The highest BCUT2D eigenvalue weighted by atomic mass is 16.3. The second-order valence-corrected chi connectivity index (χ2v) is 5.56. The Hall–Kier alpha value is -2.14. The molecule has 112 valence electrons. The third-order valence-corrected chi connectivity index (χ3v) is 3.22. The molecule has 21 heavy (non-hydrogen) atoms. The maximum Gasteiger partial charge on any atom is 0.163 e. The van der Waals surface area contributed by atoms with Crippen molar-refractivity contribution < 1.29 is 5.11 Å². The molecule has 2 aromatic rings. The number of nitrogens with zero attached hydrogens (tertiary/aromatic N) is 2. The normalized spacial score (nSPS) is 11.2. The second-order valence-electron chi connectivity index (χ2n) is 5.56. The third-order valence-electron chi connectivity index (χ3n) is 3.22. The lowest BCUT2D eigenvalue weighted by Gasteiger charge is -2.26. The zero-order valence-electron chi connectivity index (χ0n) is 12.7. The zero-order valence-corrected chi connectivity index (χ0v) is 12.7. The summed E-state index contributed by atoms with van der Waals surface area (Å²) in [7, 11) is 1.83. The predicted octanol–water partition coefficient (Wildman–Crippen LogP) is 2.76. The fourth-order valence-corrected chi connectivity index (χ4v) is 2.04. The summed E-state index contributed by atoms with van der Waals surface area (Å²) in [6.07, 6.45) is 0.645. The smallest absolute Gasteiger partial charge is 0.163 e. The van der Waals surface area contributed by atoms with Crippen molar-refractivity contribution in [2.75, 3.05) is 24.3 Å². The minimum Gasteiger partial charge on any atom is -0.396 e. The first-order valence-corrected chi connectivity index (χ1v) is 7.05. The fraction of sp³-hybridized carbons (Fsp3) is 0.375.